The summed E-state index contributed by atoms with van der Waals surface area (Å²) in [5, 5.41) is 4.22. The lowest BCUT2D eigenvalue weighted by atomic mass is 10.2. The summed E-state index contributed by atoms with van der Waals surface area (Å²) in [6.07, 6.45) is 7.34. The fraction of sp³-hybridized carbons (Fsp3) is 0.667. The van der Waals surface area contributed by atoms with E-state index in [0.29, 0.717) is 5.88 Å². The molecule has 3 nitrogen and oxygen atoms in total. The van der Waals surface area contributed by atoms with E-state index in [1.165, 1.54) is 12.8 Å². The summed E-state index contributed by atoms with van der Waals surface area (Å²) in [5.41, 5.74) is 1.05. The first-order valence-corrected chi connectivity index (χ1v) is 5.14. The molecule has 0 radical (unpaired) electrons. The SMILES string of the molecule is ClCc1cnn(C2CCCCO2)c1. The average Bonchev–Trinajstić information content (AvgIpc) is 2.67. The van der Waals surface area contributed by atoms with Crippen LogP contribution < -0.4 is 0 Å². The van der Waals surface area contributed by atoms with Crippen molar-refractivity contribution in [3.8, 4) is 0 Å². The molecule has 1 aromatic heterocycles. The Bertz CT molecular complexity index is 268. The van der Waals surface area contributed by atoms with Gasteiger partial charge >= 0.3 is 0 Å². The summed E-state index contributed by atoms with van der Waals surface area (Å²) in [4.78, 5) is 0. The highest BCUT2D eigenvalue weighted by Crippen LogP contribution is 2.21. The topological polar surface area (TPSA) is 27.1 Å². The minimum Gasteiger partial charge on any atom is -0.357 e. The maximum Gasteiger partial charge on any atom is 0.150 e. The van der Waals surface area contributed by atoms with Crippen LogP contribution in [0.25, 0.3) is 0 Å². The molecule has 0 saturated carbocycles. The number of rotatable bonds is 2. The molecular weight excluding hydrogens is 188 g/mol. The van der Waals surface area contributed by atoms with Crippen molar-refractivity contribution in [1.29, 1.82) is 0 Å². The summed E-state index contributed by atoms with van der Waals surface area (Å²) in [7, 11) is 0. The molecule has 2 rings (SSSR count). The fourth-order valence-corrected chi connectivity index (χ4v) is 1.67. The average molecular weight is 201 g/mol. The Kier molecular flexibility index (Phi) is 2.86. The van der Waals surface area contributed by atoms with E-state index in [9.17, 15) is 0 Å². The number of hydrogen-bond acceptors (Lipinski definition) is 2. The molecule has 72 valence electrons. The highest BCUT2D eigenvalue weighted by molar-refractivity contribution is 6.17. The summed E-state index contributed by atoms with van der Waals surface area (Å²) in [6, 6.07) is 0. The third-order valence-corrected chi connectivity index (χ3v) is 2.57. The van der Waals surface area contributed by atoms with Crippen LogP contribution in [0.3, 0.4) is 0 Å². The first kappa shape index (κ1) is 9.03. The molecule has 0 N–H and O–H groups in total. The largest absolute Gasteiger partial charge is 0.357 e. The number of halogens is 1. The van der Waals surface area contributed by atoms with Crippen LogP contribution in [0.15, 0.2) is 12.4 Å². The molecule has 0 aromatic carbocycles. The molecule has 0 aliphatic carbocycles. The van der Waals surface area contributed by atoms with Crippen LogP contribution in [0.2, 0.25) is 0 Å². The third-order valence-electron chi connectivity index (χ3n) is 2.26. The summed E-state index contributed by atoms with van der Waals surface area (Å²) in [5.74, 6) is 0.521. The molecule has 1 aliphatic rings. The molecule has 1 aliphatic heterocycles. The van der Waals surface area contributed by atoms with Crippen LogP contribution in [-0.2, 0) is 10.6 Å². The molecule has 1 atom stereocenters. The zero-order chi connectivity index (χ0) is 9.10. The van der Waals surface area contributed by atoms with Gasteiger partial charge in [0, 0.05) is 18.4 Å². The van der Waals surface area contributed by atoms with Gasteiger partial charge in [0.05, 0.1) is 12.1 Å². The van der Waals surface area contributed by atoms with Gasteiger partial charge in [-0.2, -0.15) is 5.10 Å². The summed E-state index contributed by atoms with van der Waals surface area (Å²) >= 11 is 5.69. The predicted octanol–water partition coefficient (Wildman–Crippen LogP) is 2.32. The Morgan fingerprint density at radius 1 is 1.62 bits per heavy atom. The Labute approximate surface area is 82.6 Å². The molecule has 1 aromatic rings. The number of alkyl halides is 1. The van der Waals surface area contributed by atoms with Crippen LogP contribution in [0.4, 0.5) is 0 Å². The minimum absolute atomic E-state index is 0.130. The van der Waals surface area contributed by atoms with Crippen molar-refractivity contribution in [1.82, 2.24) is 9.78 Å². The van der Waals surface area contributed by atoms with Crippen LogP contribution in [-0.4, -0.2) is 16.4 Å². The number of nitrogens with zero attached hydrogens (tertiary/aromatic N) is 2. The van der Waals surface area contributed by atoms with Gasteiger partial charge in [0.2, 0.25) is 0 Å². The summed E-state index contributed by atoms with van der Waals surface area (Å²) < 4.78 is 7.45. The first-order valence-electron chi connectivity index (χ1n) is 4.61. The van der Waals surface area contributed by atoms with Crippen LogP contribution in [0.5, 0.6) is 0 Å². The van der Waals surface area contributed by atoms with Crippen molar-refractivity contribution in [2.24, 2.45) is 0 Å². The van der Waals surface area contributed by atoms with E-state index in [-0.39, 0.29) is 6.23 Å². The van der Waals surface area contributed by atoms with Crippen molar-refractivity contribution >= 4 is 11.6 Å². The molecule has 1 fully saturated rings. The third kappa shape index (κ3) is 2.03. The van der Waals surface area contributed by atoms with Crippen LogP contribution in [0, 0.1) is 0 Å². The van der Waals surface area contributed by atoms with Crippen molar-refractivity contribution in [3.63, 3.8) is 0 Å². The van der Waals surface area contributed by atoms with E-state index >= 15 is 0 Å². The highest BCUT2D eigenvalue weighted by Gasteiger charge is 2.15. The zero-order valence-corrected chi connectivity index (χ0v) is 8.20. The molecule has 0 amide bonds. The van der Waals surface area contributed by atoms with Gasteiger partial charge < -0.3 is 4.74 Å². The van der Waals surface area contributed by atoms with Gasteiger partial charge in [0.15, 0.2) is 0 Å². The Hall–Kier alpha value is -0.540. The van der Waals surface area contributed by atoms with Gasteiger partial charge in [0.1, 0.15) is 6.23 Å². The van der Waals surface area contributed by atoms with Gasteiger partial charge in [-0.1, -0.05) is 0 Å². The van der Waals surface area contributed by atoms with Gasteiger partial charge in [-0.15, -0.1) is 11.6 Å². The normalized spacial score (nSPS) is 23.3. The maximum absolute atomic E-state index is 5.69. The van der Waals surface area contributed by atoms with E-state index in [1.807, 2.05) is 10.9 Å². The van der Waals surface area contributed by atoms with Gasteiger partial charge in [0.25, 0.3) is 0 Å². The van der Waals surface area contributed by atoms with Gasteiger partial charge in [-0.05, 0) is 19.3 Å². The quantitative estimate of drug-likeness (QED) is 0.686. The lowest BCUT2D eigenvalue weighted by Crippen LogP contribution is -2.18. The maximum atomic E-state index is 5.69. The Morgan fingerprint density at radius 3 is 3.15 bits per heavy atom. The molecule has 0 bridgehead atoms. The van der Waals surface area contributed by atoms with E-state index in [4.69, 9.17) is 16.3 Å². The molecule has 0 spiro atoms. The minimum atomic E-state index is 0.130. The van der Waals surface area contributed by atoms with Crippen molar-refractivity contribution in [2.45, 2.75) is 31.4 Å². The molecule has 4 heteroatoms. The van der Waals surface area contributed by atoms with E-state index in [2.05, 4.69) is 5.10 Å². The molecule has 13 heavy (non-hydrogen) atoms. The second-order valence-corrected chi connectivity index (χ2v) is 3.55. The van der Waals surface area contributed by atoms with Gasteiger partial charge in [-0.25, -0.2) is 4.68 Å². The molecular formula is C9H13ClN2O. The molecule has 2 heterocycles. The summed E-state index contributed by atoms with van der Waals surface area (Å²) in [6.45, 7) is 0.848. The van der Waals surface area contributed by atoms with Crippen molar-refractivity contribution in [3.05, 3.63) is 18.0 Å². The fourth-order valence-electron chi connectivity index (χ4n) is 1.54. The number of hydrogen-bond donors (Lipinski definition) is 0. The number of ether oxygens (including phenoxy) is 1. The van der Waals surface area contributed by atoms with E-state index < -0.39 is 0 Å². The molecule has 1 saturated heterocycles. The van der Waals surface area contributed by atoms with E-state index in [0.717, 1.165) is 18.6 Å². The van der Waals surface area contributed by atoms with Crippen molar-refractivity contribution < 1.29 is 4.74 Å². The lowest BCUT2D eigenvalue weighted by molar-refractivity contribution is -0.0395. The molecule has 1 unspecified atom stereocenters. The number of aromatic nitrogens is 2. The lowest BCUT2D eigenvalue weighted by Gasteiger charge is -2.22. The Morgan fingerprint density at radius 2 is 2.54 bits per heavy atom. The second kappa shape index (κ2) is 4.11. The second-order valence-electron chi connectivity index (χ2n) is 3.28. The highest BCUT2D eigenvalue weighted by atomic mass is 35.5. The van der Waals surface area contributed by atoms with Gasteiger partial charge in [-0.3, -0.25) is 0 Å². The van der Waals surface area contributed by atoms with Crippen LogP contribution >= 0.6 is 11.6 Å². The standard InChI is InChI=1S/C9H13ClN2O/c10-5-8-6-11-12(7-8)9-3-1-2-4-13-9/h6-7,9H,1-5H2. The smallest absolute Gasteiger partial charge is 0.150 e. The monoisotopic (exact) mass is 200 g/mol. The van der Waals surface area contributed by atoms with E-state index in [1.54, 1.807) is 6.20 Å². The predicted molar refractivity (Wildman–Crippen MR) is 50.6 cm³/mol. The first-order chi connectivity index (χ1) is 6.40. The Balaban J connectivity index is 2.05. The van der Waals surface area contributed by atoms with Crippen molar-refractivity contribution in [2.75, 3.05) is 6.61 Å². The van der Waals surface area contributed by atoms with Crippen LogP contribution in [0.1, 0.15) is 31.1 Å². The zero-order valence-electron chi connectivity index (χ0n) is 7.45.